The maximum atomic E-state index is 7.45. The van der Waals surface area contributed by atoms with E-state index in [9.17, 15) is 0 Å². The highest BCUT2D eigenvalue weighted by Gasteiger charge is 2.55. The van der Waals surface area contributed by atoms with Crippen molar-refractivity contribution in [3.63, 3.8) is 0 Å². The smallest absolute Gasteiger partial charge is 0.192 e. The van der Waals surface area contributed by atoms with Crippen molar-refractivity contribution in [2.24, 2.45) is 0 Å². The molecular formula is C38H66N6O4Si3. The Bertz CT molecular complexity index is 1680. The Morgan fingerprint density at radius 1 is 0.784 bits per heavy atom. The summed E-state index contributed by atoms with van der Waals surface area (Å²) in [6.07, 6.45) is 3.69. The van der Waals surface area contributed by atoms with E-state index >= 15 is 0 Å². The summed E-state index contributed by atoms with van der Waals surface area (Å²) in [6, 6.07) is 8.40. The summed E-state index contributed by atoms with van der Waals surface area (Å²) in [5.41, 5.74) is 9.74. The predicted molar refractivity (Wildman–Crippen MR) is 221 cm³/mol. The minimum Gasteiger partial charge on any atom is -0.414 e. The summed E-state index contributed by atoms with van der Waals surface area (Å²) in [5, 5.41) is -0.0494. The van der Waals surface area contributed by atoms with Gasteiger partial charge in [-0.2, -0.15) is 0 Å². The van der Waals surface area contributed by atoms with Gasteiger partial charge in [0.1, 0.15) is 30.5 Å². The van der Waals surface area contributed by atoms with E-state index in [1.54, 1.807) is 0 Å². The molecule has 3 aromatic rings. The van der Waals surface area contributed by atoms with Gasteiger partial charge in [-0.1, -0.05) is 80.5 Å². The molecule has 284 valence electrons. The second-order valence-electron chi connectivity index (χ2n) is 18.9. The Kier molecular flexibility index (Phi) is 11.7. The van der Waals surface area contributed by atoms with Crippen molar-refractivity contribution in [2.45, 2.75) is 141 Å². The van der Waals surface area contributed by atoms with Gasteiger partial charge in [0, 0.05) is 19.8 Å². The summed E-state index contributed by atoms with van der Waals surface area (Å²) < 4.78 is 31.0. The van der Waals surface area contributed by atoms with Crippen molar-refractivity contribution in [3.05, 3.63) is 42.0 Å². The van der Waals surface area contributed by atoms with Crippen LogP contribution in [-0.4, -0.2) is 83.5 Å². The van der Waals surface area contributed by atoms with E-state index in [1.165, 1.54) is 6.33 Å². The van der Waals surface area contributed by atoms with Crippen LogP contribution in [0.5, 0.6) is 0 Å². The van der Waals surface area contributed by atoms with Crippen LogP contribution in [0.1, 0.15) is 79.9 Å². The number of ether oxygens (including phenoxy) is 1. The number of rotatable bonds is 11. The van der Waals surface area contributed by atoms with Crippen molar-refractivity contribution >= 4 is 59.8 Å². The molecule has 4 rings (SSSR count). The number of nitrogens with zero attached hydrogens (tertiary/aromatic N) is 5. The molecule has 1 saturated heterocycles. The lowest BCUT2D eigenvalue weighted by molar-refractivity contribution is -0.0473. The second kappa shape index (κ2) is 14.4. The molecule has 0 aliphatic carbocycles. The van der Waals surface area contributed by atoms with Gasteiger partial charge in [0.2, 0.25) is 0 Å². The lowest BCUT2D eigenvalue weighted by Crippen LogP contribution is -2.54. The Morgan fingerprint density at radius 2 is 1.31 bits per heavy atom. The minimum atomic E-state index is -2.38. The average molecular weight is 755 g/mol. The van der Waals surface area contributed by atoms with E-state index in [0.29, 0.717) is 29.4 Å². The van der Waals surface area contributed by atoms with Gasteiger partial charge in [-0.05, 0) is 78.2 Å². The third kappa shape index (κ3) is 8.88. The Hall–Kier alpha value is -2.40. The average Bonchev–Trinajstić information content (AvgIpc) is 3.51. The lowest BCUT2D eigenvalue weighted by Gasteiger charge is -2.44. The van der Waals surface area contributed by atoms with Crippen LogP contribution in [0.3, 0.4) is 0 Å². The zero-order valence-corrected chi connectivity index (χ0v) is 37.5. The first-order valence-corrected chi connectivity index (χ1v) is 27.0. The van der Waals surface area contributed by atoms with Crippen LogP contribution in [0.2, 0.25) is 54.4 Å². The molecule has 0 spiro atoms. The van der Waals surface area contributed by atoms with E-state index in [2.05, 4.69) is 142 Å². The van der Waals surface area contributed by atoms with Crippen LogP contribution in [-0.2, 0) is 18.0 Å². The number of benzene rings is 1. The highest BCUT2D eigenvalue weighted by atomic mass is 28.4. The lowest BCUT2D eigenvalue weighted by atomic mass is 10.1. The topological polar surface area (TPSA) is 110 Å². The van der Waals surface area contributed by atoms with Gasteiger partial charge >= 0.3 is 0 Å². The molecule has 0 unspecified atom stereocenters. The number of anilines is 2. The molecule has 1 aliphatic heterocycles. The first-order valence-electron chi connectivity index (χ1n) is 18.3. The van der Waals surface area contributed by atoms with E-state index in [4.69, 9.17) is 33.7 Å². The Balaban J connectivity index is 1.93. The molecule has 13 heteroatoms. The summed E-state index contributed by atoms with van der Waals surface area (Å²) in [7, 11) is -2.76. The molecule has 1 aromatic carbocycles. The van der Waals surface area contributed by atoms with Gasteiger partial charge in [-0.25, -0.2) is 15.0 Å². The normalized spacial score (nSPS) is 21.3. The third-order valence-corrected chi connectivity index (χ3v) is 25.2. The number of hydrogen-bond donors (Lipinski definition) is 1. The molecular weight excluding hydrogens is 689 g/mol. The van der Waals surface area contributed by atoms with E-state index in [1.807, 2.05) is 24.7 Å². The highest BCUT2D eigenvalue weighted by Crippen LogP contribution is 2.47. The third-order valence-electron chi connectivity index (χ3n) is 11.8. The number of nitrogens with two attached hydrogens (primary N) is 1. The molecule has 51 heavy (non-hydrogen) atoms. The molecule has 10 nitrogen and oxygen atoms in total. The zero-order valence-electron chi connectivity index (χ0n) is 34.5. The quantitative estimate of drug-likeness (QED) is 0.192. The fourth-order valence-corrected chi connectivity index (χ4v) is 8.84. The van der Waals surface area contributed by atoms with Crippen molar-refractivity contribution in [2.75, 3.05) is 31.3 Å². The number of imidazole rings is 1. The molecule has 3 heterocycles. The van der Waals surface area contributed by atoms with Gasteiger partial charge in [0.15, 0.2) is 48.2 Å². The molecule has 0 radical (unpaired) electrons. The summed E-state index contributed by atoms with van der Waals surface area (Å²) in [5.74, 6) is 0.968. The van der Waals surface area contributed by atoms with Crippen molar-refractivity contribution < 1.29 is 18.0 Å². The second-order valence-corrected chi connectivity index (χ2v) is 33.2. The summed E-state index contributed by atoms with van der Waals surface area (Å²) in [4.78, 5) is 16.1. The Morgan fingerprint density at radius 3 is 1.82 bits per heavy atom. The van der Waals surface area contributed by atoms with Crippen LogP contribution in [0.4, 0.5) is 11.5 Å². The van der Waals surface area contributed by atoms with Gasteiger partial charge < -0.3 is 28.6 Å². The number of fused-ring (bicyclic) bond motifs is 1. The van der Waals surface area contributed by atoms with Gasteiger partial charge in [0.05, 0.1) is 6.61 Å². The molecule has 2 aromatic heterocycles. The largest absolute Gasteiger partial charge is 0.414 e. The summed E-state index contributed by atoms with van der Waals surface area (Å²) in [6.45, 7) is 34.5. The van der Waals surface area contributed by atoms with Crippen molar-refractivity contribution in [1.29, 1.82) is 0 Å². The van der Waals surface area contributed by atoms with Gasteiger partial charge in [-0.15, -0.1) is 0 Å². The molecule has 2 N–H and O–H groups in total. The van der Waals surface area contributed by atoms with E-state index < -0.39 is 37.3 Å². The molecule has 1 fully saturated rings. The monoisotopic (exact) mass is 754 g/mol. The maximum absolute atomic E-state index is 7.45. The number of nitrogen functional groups attached to an aromatic ring is 1. The predicted octanol–water partition coefficient (Wildman–Crippen LogP) is 9.34. The number of aromatic nitrogens is 4. The fourth-order valence-electron chi connectivity index (χ4n) is 5.22. The van der Waals surface area contributed by atoms with Crippen LogP contribution in [0.15, 0.2) is 30.6 Å². The standard InChI is InChI=1S/C38H66N6O4Si3/c1-36(2,3)49(12,13)45-24-28-31(47-50(14,15)37(4,5)6)32(48-51(16,17)38(7,8)9)35(46-28)44-29(42-30-33(39)40-25-41-34(30)44)23-20-26-18-21-27(22-19-26)43(10)11/h18-23,25,28,31-32,35H,24H2,1-17H3,(H2,39,40,41)/b23-20+/t28-,31-,32-,35-/m1/s1. The SMILES string of the molecule is CN(C)c1ccc(/C=C/c2nc3c(N)ncnc3n2[C@@H]2O[C@H](CO[Si](C)(C)C(C)(C)C)[C@@H](O[Si](C)(C)C(C)(C)C)[C@H]2O[Si](C)(C)C(C)(C)C)cc1. The van der Waals surface area contributed by atoms with Crippen molar-refractivity contribution in [3.8, 4) is 0 Å². The Labute approximate surface area is 310 Å². The molecule has 0 amide bonds. The van der Waals surface area contributed by atoms with Crippen LogP contribution in [0, 0.1) is 0 Å². The summed E-state index contributed by atoms with van der Waals surface area (Å²) >= 11 is 0. The van der Waals surface area contributed by atoms with Crippen LogP contribution < -0.4 is 10.6 Å². The molecule has 0 saturated carbocycles. The molecule has 1 aliphatic rings. The number of hydrogen-bond acceptors (Lipinski definition) is 9. The fraction of sp³-hybridized carbons (Fsp3) is 0.658. The van der Waals surface area contributed by atoms with Gasteiger partial charge in [0.25, 0.3) is 0 Å². The first-order chi connectivity index (χ1) is 23.2. The molecule has 4 atom stereocenters. The first kappa shape index (κ1) is 41.4. The van der Waals surface area contributed by atoms with Crippen molar-refractivity contribution in [1.82, 2.24) is 19.5 Å². The maximum Gasteiger partial charge on any atom is 0.192 e. The van der Waals surface area contributed by atoms with Crippen LogP contribution >= 0.6 is 0 Å². The van der Waals surface area contributed by atoms with Gasteiger partial charge in [-0.3, -0.25) is 4.57 Å². The minimum absolute atomic E-state index is 0.0309. The molecule has 0 bridgehead atoms. The highest BCUT2D eigenvalue weighted by molar-refractivity contribution is 6.75. The van der Waals surface area contributed by atoms with E-state index in [-0.39, 0.29) is 27.3 Å². The van der Waals surface area contributed by atoms with Crippen LogP contribution in [0.25, 0.3) is 23.3 Å². The zero-order chi connectivity index (χ0) is 38.5. The van der Waals surface area contributed by atoms with E-state index in [0.717, 1.165) is 11.3 Å².